The fourth-order valence-corrected chi connectivity index (χ4v) is 2.04. The molecule has 120 valence electrons. The molecular formula is C16H20F2N2O2. The van der Waals surface area contributed by atoms with E-state index in [1.54, 1.807) is 18.3 Å². The van der Waals surface area contributed by atoms with E-state index in [0.717, 1.165) is 11.3 Å². The molecule has 2 aromatic rings. The van der Waals surface area contributed by atoms with Crippen LogP contribution in [-0.4, -0.2) is 23.5 Å². The Balaban J connectivity index is 1.89. The SMILES string of the molecule is CC(C)c1cnc(CN(C)Cc2ccc(OC(F)F)cc2)o1. The molecule has 6 heteroatoms. The minimum atomic E-state index is -2.80. The Morgan fingerprint density at radius 1 is 1.18 bits per heavy atom. The van der Waals surface area contributed by atoms with E-state index in [9.17, 15) is 8.78 Å². The molecule has 0 unspecified atom stereocenters. The van der Waals surface area contributed by atoms with Gasteiger partial charge >= 0.3 is 6.61 Å². The predicted molar refractivity (Wildman–Crippen MR) is 78.8 cm³/mol. The molecule has 0 bridgehead atoms. The van der Waals surface area contributed by atoms with E-state index in [0.29, 0.717) is 24.9 Å². The van der Waals surface area contributed by atoms with Gasteiger partial charge in [0, 0.05) is 12.5 Å². The zero-order chi connectivity index (χ0) is 16.1. The van der Waals surface area contributed by atoms with Crippen molar-refractivity contribution in [3.63, 3.8) is 0 Å². The lowest BCUT2D eigenvalue weighted by atomic mass is 10.2. The van der Waals surface area contributed by atoms with Gasteiger partial charge in [-0.1, -0.05) is 26.0 Å². The van der Waals surface area contributed by atoms with E-state index in [4.69, 9.17) is 4.42 Å². The van der Waals surface area contributed by atoms with Crippen LogP contribution in [0.15, 0.2) is 34.9 Å². The van der Waals surface area contributed by atoms with Crippen molar-refractivity contribution in [1.29, 1.82) is 0 Å². The van der Waals surface area contributed by atoms with Crippen molar-refractivity contribution < 1.29 is 17.9 Å². The highest BCUT2D eigenvalue weighted by molar-refractivity contribution is 5.27. The summed E-state index contributed by atoms with van der Waals surface area (Å²) in [5, 5.41) is 0. The first kappa shape index (κ1) is 16.4. The molecule has 1 aromatic carbocycles. The van der Waals surface area contributed by atoms with Crippen LogP contribution < -0.4 is 4.74 Å². The molecule has 0 atom stereocenters. The summed E-state index contributed by atoms with van der Waals surface area (Å²) in [6.07, 6.45) is 1.75. The molecule has 0 spiro atoms. The molecule has 2 rings (SSSR count). The third-order valence-electron chi connectivity index (χ3n) is 3.15. The molecule has 0 fully saturated rings. The number of halogens is 2. The Labute approximate surface area is 128 Å². The first-order valence-electron chi connectivity index (χ1n) is 7.11. The van der Waals surface area contributed by atoms with Crippen molar-refractivity contribution in [3.8, 4) is 5.75 Å². The molecule has 0 saturated carbocycles. The van der Waals surface area contributed by atoms with Crippen molar-refractivity contribution in [2.24, 2.45) is 0 Å². The van der Waals surface area contributed by atoms with Crippen LogP contribution in [0.25, 0.3) is 0 Å². The largest absolute Gasteiger partial charge is 0.444 e. The summed E-state index contributed by atoms with van der Waals surface area (Å²) in [5.41, 5.74) is 1.000. The van der Waals surface area contributed by atoms with Gasteiger partial charge in [0.25, 0.3) is 0 Å². The topological polar surface area (TPSA) is 38.5 Å². The van der Waals surface area contributed by atoms with Gasteiger partial charge in [0.2, 0.25) is 5.89 Å². The smallest absolute Gasteiger partial charge is 0.387 e. The van der Waals surface area contributed by atoms with Crippen molar-refractivity contribution >= 4 is 0 Å². The number of aromatic nitrogens is 1. The Morgan fingerprint density at radius 2 is 1.86 bits per heavy atom. The number of nitrogens with zero attached hydrogens (tertiary/aromatic N) is 2. The molecule has 0 saturated heterocycles. The van der Waals surface area contributed by atoms with Crippen molar-refractivity contribution in [2.75, 3.05) is 7.05 Å². The van der Waals surface area contributed by atoms with E-state index in [2.05, 4.69) is 23.6 Å². The van der Waals surface area contributed by atoms with Gasteiger partial charge in [-0.25, -0.2) is 4.98 Å². The van der Waals surface area contributed by atoms with Gasteiger partial charge in [0.05, 0.1) is 12.7 Å². The summed E-state index contributed by atoms with van der Waals surface area (Å²) in [4.78, 5) is 6.29. The van der Waals surface area contributed by atoms with Gasteiger partial charge in [-0.2, -0.15) is 8.78 Å². The third-order valence-corrected chi connectivity index (χ3v) is 3.15. The lowest BCUT2D eigenvalue weighted by Crippen LogP contribution is -2.17. The van der Waals surface area contributed by atoms with Crippen LogP contribution in [0.3, 0.4) is 0 Å². The first-order chi connectivity index (χ1) is 10.4. The summed E-state index contributed by atoms with van der Waals surface area (Å²) in [7, 11) is 1.95. The van der Waals surface area contributed by atoms with E-state index >= 15 is 0 Å². The predicted octanol–water partition coefficient (Wildman–Crippen LogP) is 4.03. The summed E-state index contributed by atoms with van der Waals surface area (Å²) < 4.78 is 34.2. The Hall–Kier alpha value is -1.95. The number of alkyl halides is 2. The maximum absolute atomic E-state index is 12.1. The van der Waals surface area contributed by atoms with Crippen LogP contribution in [0.1, 0.15) is 37.0 Å². The highest BCUT2D eigenvalue weighted by Crippen LogP contribution is 2.18. The summed E-state index contributed by atoms with van der Waals surface area (Å²) >= 11 is 0. The average molecular weight is 310 g/mol. The second kappa shape index (κ2) is 7.35. The van der Waals surface area contributed by atoms with Crippen LogP contribution in [0, 0.1) is 0 Å². The average Bonchev–Trinajstić information content (AvgIpc) is 2.89. The van der Waals surface area contributed by atoms with Gasteiger partial charge in [0.15, 0.2) is 0 Å². The van der Waals surface area contributed by atoms with Crippen LogP contribution >= 0.6 is 0 Å². The normalized spacial score (nSPS) is 11.6. The van der Waals surface area contributed by atoms with Crippen LogP contribution in [0.4, 0.5) is 8.78 Å². The number of benzene rings is 1. The van der Waals surface area contributed by atoms with Gasteiger partial charge < -0.3 is 9.15 Å². The van der Waals surface area contributed by atoms with E-state index in [-0.39, 0.29) is 5.75 Å². The van der Waals surface area contributed by atoms with Crippen LogP contribution in [0.5, 0.6) is 5.75 Å². The summed E-state index contributed by atoms with van der Waals surface area (Å²) in [5.74, 6) is 2.02. The second-order valence-corrected chi connectivity index (χ2v) is 5.51. The minimum absolute atomic E-state index is 0.163. The molecule has 22 heavy (non-hydrogen) atoms. The van der Waals surface area contributed by atoms with Gasteiger partial charge in [-0.15, -0.1) is 0 Å². The lowest BCUT2D eigenvalue weighted by molar-refractivity contribution is -0.0498. The van der Waals surface area contributed by atoms with E-state index in [1.165, 1.54) is 12.1 Å². The first-order valence-corrected chi connectivity index (χ1v) is 7.11. The fraction of sp³-hybridized carbons (Fsp3) is 0.438. The standard InChI is InChI=1S/C16H20F2N2O2/c1-11(2)14-8-19-15(22-14)10-20(3)9-12-4-6-13(7-5-12)21-16(17)18/h4-8,11,16H,9-10H2,1-3H3. The van der Waals surface area contributed by atoms with Crippen molar-refractivity contribution in [2.45, 2.75) is 39.5 Å². The number of rotatable bonds is 7. The fourth-order valence-electron chi connectivity index (χ4n) is 2.04. The summed E-state index contributed by atoms with van der Waals surface area (Å²) in [6.45, 7) is 2.55. The van der Waals surface area contributed by atoms with Gasteiger partial charge in [-0.05, 0) is 24.7 Å². The summed E-state index contributed by atoms with van der Waals surface area (Å²) in [6, 6.07) is 6.61. The number of hydrogen-bond acceptors (Lipinski definition) is 4. The van der Waals surface area contributed by atoms with Crippen LogP contribution in [-0.2, 0) is 13.1 Å². The molecule has 0 N–H and O–H groups in total. The monoisotopic (exact) mass is 310 g/mol. The Kier molecular flexibility index (Phi) is 5.49. The quantitative estimate of drug-likeness (QED) is 0.774. The Bertz CT molecular complexity index is 582. The molecule has 0 radical (unpaired) electrons. The zero-order valence-corrected chi connectivity index (χ0v) is 12.9. The lowest BCUT2D eigenvalue weighted by Gasteiger charge is -2.15. The molecule has 0 aliphatic carbocycles. The molecule has 1 aromatic heterocycles. The maximum atomic E-state index is 12.1. The molecule has 0 aliphatic rings. The maximum Gasteiger partial charge on any atom is 0.387 e. The van der Waals surface area contributed by atoms with Crippen LogP contribution in [0.2, 0.25) is 0 Å². The Morgan fingerprint density at radius 3 is 2.41 bits per heavy atom. The number of oxazole rings is 1. The molecule has 0 amide bonds. The minimum Gasteiger partial charge on any atom is -0.444 e. The molecular weight excluding hydrogens is 290 g/mol. The molecule has 1 heterocycles. The van der Waals surface area contributed by atoms with Crippen molar-refractivity contribution in [1.82, 2.24) is 9.88 Å². The third kappa shape index (κ3) is 4.80. The second-order valence-electron chi connectivity index (χ2n) is 5.51. The molecule has 0 aliphatic heterocycles. The number of hydrogen-bond donors (Lipinski definition) is 0. The highest BCUT2D eigenvalue weighted by atomic mass is 19.3. The van der Waals surface area contributed by atoms with E-state index in [1.807, 2.05) is 11.9 Å². The van der Waals surface area contributed by atoms with Gasteiger partial charge in [-0.3, -0.25) is 4.90 Å². The van der Waals surface area contributed by atoms with Gasteiger partial charge in [0.1, 0.15) is 11.5 Å². The van der Waals surface area contributed by atoms with Crippen molar-refractivity contribution in [3.05, 3.63) is 47.7 Å². The zero-order valence-electron chi connectivity index (χ0n) is 12.9. The van der Waals surface area contributed by atoms with E-state index < -0.39 is 6.61 Å². The highest BCUT2D eigenvalue weighted by Gasteiger charge is 2.10. The molecule has 4 nitrogen and oxygen atoms in total. The number of ether oxygens (including phenoxy) is 1.